The van der Waals surface area contributed by atoms with Crippen LogP contribution >= 0.6 is 0 Å². The predicted octanol–water partition coefficient (Wildman–Crippen LogP) is 3.78. The number of carbonyl (C=O) groups excluding carboxylic acids is 6. The van der Waals surface area contributed by atoms with E-state index < -0.39 is 41.9 Å². The Morgan fingerprint density at radius 2 is 1.10 bits per heavy atom. The van der Waals surface area contributed by atoms with Crippen molar-refractivity contribution in [2.45, 2.75) is 51.4 Å². The lowest BCUT2D eigenvalue weighted by Crippen LogP contribution is -2.52. The van der Waals surface area contributed by atoms with Gasteiger partial charge < -0.3 is 0 Å². The molecule has 0 N–H and O–H groups in total. The number of hydrogen-bond donors (Lipinski definition) is 0. The summed E-state index contributed by atoms with van der Waals surface area (Å²) in [7, 11) is 0. The molecule has 9 heteroatoms. The summed E-state index contributed by atoms with van der Waals surface area (Å²) in [6.07, 6.45) is 6.08. The molecule has 2 aliphatic carbocycles. The number of amides is 5. The molecule has 2 aromatic carbocycles. The van der Waals surface area contributed by atoms with Gasteiger partial charge in [-0.25, -0.2) is 5.01 Å². The monoisotopic (exact) mass is 541 g/mol. The molecule has 0 spiro atoms. The molecular formula is C31H31N3O6. The van der Waals surface area contributed by atoms with Crippen LogP contribution in [0.1, 0.15) is 72.1 Å². The summed E-state index contributed by atoms with van der Waals surface area (Å²) in [5.74, 6) is -3.95. The molecule has 9 nitrogen and oxygen atoms in total. The van der Waals surface area contributed by atoms with Crippen molar-refractivity contribution >= 4 is 41.0 Å². The minimum absolute atomic E-state index is 0.136. The van der Waals surface area contributed by atoms with E-state index in [4.69, 9.17) is 0 Å². The predicted molar refractivity (Wildman–Crippen MR) is 143 cm³/mol. The average Bonchev–Trinajstić information content (AvgIpc) is 3.40. The first-order valence-electron chi connectivity index (χ1n) is 14.1. The van der Waals surface area contributed by atoms with Gasteiger partial charge in [0.2, 0.25) is 11.8 Å². The molecule has 4 aliphatic rings. The zero-order valence-corrected chi connectivity index (χ0v) is 22.2. The number of imide groups is 2. The van der Waals surface area contributed by atoms with Crippen LogP contribution in [0.4, 0.5) is 5.69 Å². The van der Waals surface area contributed by atoms with E-state index in [1.165, 1.54) is 29.2 Å². The molecule has 0 bridgehead atoms. The van der Waals surface area contributed by atoms with Crippen LogP contribution in [0.15, 0.2) is 54.6 Å². The molecular weight excluding hydrogens is 510 g/mol. The van der Waals surface area contributed by atoms with Gasteiger partial charge in [-0.15, -0.1) is 0 Å². The molecule has 5 amide bonds. The third kappa shape index (κ3) is 4.33. The van der Waals surface area contributed by atoms with E-state index in [1.54, 1.807) is 30.3 Å². The minimum atomic E-state index is -0.677. The quantitative estimate of drug-likeness (QED) is 0.406. The number of hydrazine groups is 1. The number of nitrogens with zero attached hydrogens (tertiary/aromatic N) is 3. The molecule has 2 aromatic rings. The Hall–Kier alpha value is -4.14. The van der Waals surface area contributed by atoms with Gasteiger partial charge in [0, 0.05) is 11.1 Å². The smallest absolute Gasteiger partial charge is 0.273 e. The van der Waals surface area contributed by atoms with Gasteiger partial charge in [-0.2, -0.15) is 5.01 Å². The van der Waals surface area contributed by atoms with E-state index in [0.29, 0.717) is 36.9 Å². The van der Waals surface area contributed by atoms with Crippen molar-refractivity contribution in [3.05, 3.63) is 65.7 Å². The molecule has 2 saturated carbocycles. The van der Waals surface area contributed by atoms with Crippen LogP contribution in [0, 0.1) is 23.7 Å². The summed E-state index contributed by atoms with van der Waals surface area (Å²) < 4.78 is 0. The highest BCUT2D eigenvalue weighted by atomic mass is 16.2. The maximum atomic E-state index is 13.8. The minimum Gasteiger partial charge on any atom is -0.292 e. The lowest BCUT2D eigenvalue weighted by atomic mass is 9.81. The molecule has 0 radical (unpaired) electrons. The topological polar surface area (TPSA) is 112 Å². The lowest BCUT2D eigenvalue weighted by Gasteiger charge is -2.30. The van der Waals surface area contributed by atoms with E-state index in [0.717, 1.165) is 35.7 Å². The zero-order valence-electron chi connectivity index (χ0n) is 22.2. The summed E-state index contributed by atoms with van der Waals surface area (Å²) >= 11 is 0. The molecule has 4 fully saturated rings. The second-order valence-corrected chi connectivity index (χ2v) is 11.2. The Bertz CT molecular complexity index is 1340. The van der Waals surface area contributed by atoms with Crippen molar-refractivity contribution < 1.29 is 28.8 Å². The molecule has 6 rings (SSSR count). The molecule has 2 aliphatic heterocycles. The summed E-state index contributed by atoms with van der Waals surface area (Å²) in [5, 5.41) is 1.85. The van der Waals surface area contributed by atoms with Gasteiger partial charge in [0.05, 0.1) is 29.4 Å². The number of benzene rings is 2. The number of hydrogen-bond acceptors (Lipinski definition) is 6. The largest absolute Gasteiger partial charge is 0.292 e. The third-order valence-corrected chi connectivity index (χ3v) is 8.90. The van der Waals surface area contributed by atoms with Crippen molar-refractivity contribution in [1.82, 2.24) is 10.0 Å². The van der Waals surface area contributed by atoms with Gasteiger partial charge in [-0.1, -0.05) is 56.0 Å². The van der Waals surface area contributed by atoms with E-state index in [2.05, 4.69) is 0 Å². The molecule has 40 heavy (non-hydrogen) atoms. The third-order valence-electron chi connectivity index (χ3n) is 8.90. The maximum Gasteiger partial charge on any atom is 0.273 e. The summed E-state index contributed by atoms with van der Waals surface area (Å²) in [5.41, 5.74) is 0.878. The lowest BCUT2D eigenvalue weighted by molar-refractivity contribution is -0.154. The molecule has 0 aromatic heterocycles. The second-order valence-electron chi connectivity index (χ2n) is 11.2. The normalized spacial score (nSPS) is 26.1. The first-order chi connectivity index (χ1) is 19.4. The van der Waals surface area contributed by atoms with E-state index in [-0.39, 0.29) is 29.2 Å². The van der Waals surface area contributed by atoms with Gasteiger partial charge in [-0.3, -0.25) is 33.7 Å². The van der Waals surface area contributed by atoms with Crippen molar-refractivity contribution in [3.63, 3.8) is 0 Å². The Kier molecular flexibility index (Phi) is 6.82. The summed E-state index contributed by atoms with van der Waals surface area (Å²) in [6.45, 7) is -0.478. The second kappa shape index (κ2) is 10.4. The van der Waals surface area contributed by atoms with Gasteiger partial charge in [-0.05, 0) is 49.9 Å². The highest BCUT2D eigenvalue weighted by Crippen LogP contribution is 2.41. The van der Waals surface area contributed by atoms with E-state index >= 15 is 0 Å². The van der Waals surface area contributed by atoms with Gasteiger partial charge in [0.25, 0.3) is 17.7 Å². The van der Waals surface area contributed by atoms with Crippen LogP contribution in [0.5, 0.6) is 0 Å². The van der Waals surface area contributed by atoms with Crippen LogP contribution in [-0.2, 0) is 19.2 Å². The maximum absolute atomic E-state index is 13.8. The van der Waals surface area contributed by atoms with Crippen molar-refractivity contribution in [1.29, 1.82) is 0 Å². The highest BCUT2D eigenvalue weighted by molar-refractivity contribution is 6.22. The van der Waals surface area contributed by atoms with Gasteiger partial charge >= 0.3 is 0 Å². The van der Waals surface area contributed by atoms with Crippen molar-refractivity contribution in [2.24, 2.45) is 23.7 Å². The van der Waals surface area contributed by atoms with Gasteiger partial charge in [0.15, 0.2) is 5.78 Å². The molecule has 206 valence electrons. The standard InChI is InChI=1S/C31H31N3O6/c35-26(19-8-2-1-3-9-19)18-32(34-30(39)24-12-6-7-13-25(24)31(34)40)27(36)20-14-16-21(17-15-20)33-28(37)22-10-4-5-11-23(22)29(33)38/h1-3,8-9,14-17,22-25H,4-7,10-13,18H2/t22-,23+,24-,25-/m0/s1. The first-order valence-corrected chi connectivity index (χ1v) is 14.1. The number of ketones is 1. The number of rotatable bonds is 6. The number of carbonyl (C=O) groups is 6. The number of fused-ring (bicyclic) bond motifs is 2. The fourth-order valence-electron chi connectivity index (χ4n) is 6.79. The SMILES string of the molecule is O=C(CN(C(=O)c1ccc(N2C(=O)[C@H]3CCCC[C@H]3C2=O)cc1)N1C(=O)[C@H]2CCCC[C@@H]2C1=O)c1ccccc1. The van der Waals surface area contributed by atoms with Crippen LogP contribution in [-0.4, -0.2) is 51.9 Å². The first kappa shape index (κ1) is 26.1. The van der Waals surface area contributed by atoms with E-state index in [9.17, 15) is 28.8 Å². The average molecular weight is 542 g/mol. The number of Topliss-reactive ketones (excluding diaryl/α,β-unsaturated/α-hetero) is 1. The zero-order chi connectivity index (χ0) is 28.0. The Morgan fingerprint density at radius 3 is 1.60 bits per heavy atom. The molecule has 0 unspecified atom stereocenters. The fourth-order valence-corrected chi connectivity index (χ4v) is 6.79. The van der Waals surface area contributed by atoms with E-state index in [1.807, 2.05) is 0 Å². The van der Waals surface area contributed by atoms with Crippen LogP contribution in [0.2, 0.25) is 0 Å². The van der Waals surface area contributed by atoms with Gasteiger partial charge in [0.1, 0.15) is 6.54 Å². The fraction of sp³-hybridized carbons (Fsp3) is 0.419. The highest BCUT2D eigenvalue weighted by Gasteiger charge is 2.52. The van der Waals surface area contributed by atoms with Crippen LogP contribution < -0.4 is 4.90 Å². The Balaban J connectivity index is 1.29. The molecule has 4 atom stereocenters. The van der Waals surface area contributed by atoms with Crippen LogP contribution in [0.25, 0.3) is 0 Å². The molecule has 2 heterocycles. The van der Waals surface area contributed by atoms with Crippen LogP contribution in [0.3, 0.4) is 0 Å². The van der Waals surface area contributed by atoms with Crippen molar-refractivity contribution in [3.8, 4) is 0 Å². The summed E-state index contributed by atoms with van der Waals surface area (Å²) in [4.78, 5) is 81.0. The Labute approximate surface area is 232 Å². The van der Waals surface area contributed by atoms with Crippen molar-refractivity contribution in [2.75, 3.05) is 11.4 Å². The summed E-state index contributed by atoms with van der Waals surface area (Å²) in [6, 6.07) is 14.4. The Morgan fingerprint density at radius 1 is 0.625 bits per heavy atom. The number of anilines is 1. The molecule has 2 saturated heterocycles.